The minimum absolute atomic E-state index is 0.0487. The second-order valence-electron chi connectivity index (χ2n) is 6.49. The van der Waals surface area contributed by atoms with Crippen molar-refractivity contribution in [2.75, 3.05) is 32.2 Å². The van der Waals surface area contributed by atoms with E-state index in [-0.39, 0.29) is 23.8 Å². The van der Waals surface area contributed by atoms with Crippen LogP contribution in [0.4, 0.5) is 5.69 Å². The molecule has 0 bridgehead atoms. The standard InChI is InChI=1S/C18H26N2O3/c1-13(2)20(18(22)15-9-10-23-12-15)16-7-5-14(6-8-16)11-17(21)19(3)4/h5-8,13,15H,9-12H2,1-4H3. The molecule has 0 aromatic heterocycles. The van der Waals surface area contributed by atoms with Gasteiger partial charge < -0.3 is 14.5 Å². The number of rotatable bonds is 5. The van der Waals surface area contributed by atoms with Crippen LogP contribution in [0.3, 0.4) is 0 Å². The first kappa shape index (κ1) is 17.5. The van der Waals surface area contributed by atoms with Gasteiger partial charge in [0.15, 0.2) is 0 Å². The molecule has 0 radical (unpaired) electrons. The van der Waals surface area contributed by atoms with Gasteiger partial charge in [0.05, 0.1) is 18.9 Å². The molecule has 126 valence electrons. The second-order valence-corrected chi connectivity index (χ2v) is 6.49. The van der Waals surface area contributed by atoms with Crippen molar-refractivity contribution < 1.29 is 14.3 Å². The highest BCUT2D eigenvalue weighted by molar-refractivity contribution is 5.95. The van der Waals surface area contributed by atoms with Crippen molar-refractivity contribution >= 4 is 17.5 Å². The van der Waals surface area contributed by atoms with Crippen LogP contribution in [0.5, 0.6) is 0 Å². The number of amides is 2. The SMILES string of the molecule is CC(C)N(C(=O)C1CCOC1)c1ccc(CC(=O)N(C)C)cc1. The molecular weight excluding hydrogens is 292 g/mol. The number of hydrogen-bond acceptors (Lipinski definition) is 3. The monoisotopic (exact) mass is 318 g/mol. The average Bonchev–Trinajstić information content (AvgIpc) is 3.03. The molecule has 1 heterocycles. The maximum Gasteiger partial charge on any atom is 0.232 e. The van der Waals surface area contributed by atoms with Gasteiger partial charge in [-0.25, -0.2) is 0 Å². The van der Waals surface area contributed by atoms with Gasteiger partial charge in [-0.3, -0.25) is 9.59 Å². The van der Waals surface area contributed by atoms with E-state index >= 15 is 0 Å². The molecule has 0 spiro atoms. The van der Waals surface area contributed by atoms with E-state index in [9.17, 15) is 9.59 Å². The van der Waals surface area contributed by atoms with Crippen molar-refractivity contribution in [3.63, 3.8) is 0 Å². The predicted octanol–water partition coefficient (Wildman–Crippen LogP) is 2.10. The van der Waals surface area contributed by atoms with E-state index in [1.54, 1.807) is 19.0 Å². The molecule has 0 saturated carbocycles. The normalized spacial score (nSPS) is 17.3. The van der Waals surface area contributed by atoms with Crippen molar-refractivity contribution in [2.45, 2.75) is 32.7 Å². The van der Waals surface area contributed by atoms with Crippen molar-refractivity contribution in [2.24, 2.45) is 5.92 Å². The molecular formula is C18H26N2O3. The van der Waals surface area contributed by atoms with Gasteiger partial charge in [-0.1, -0.05) is 12.1 Å². The van der Waals surface area contributed by atoms with Crippen LogP contribution < -0.4 is 4.90 Å². The first-order chi connectivity index (χ1) is 10.9. The molecule has 5 heteroatoms. The minimum atomic E-state index is -0.0487. The Kier molecular flexibility index (Phi) is 5.77. The number of carbonyl (C=O) groups excluding carboxylic acids is 2. The fraction of sp³-hybridized carbons (Fsp3) is 0.556. The van der Waals surface area contributed by atoms with E-state index in [1.807, 2.05) is 43.0 Å². The molecule has 1 unspecified atom stereocenters. The third-order valence-electron chi connectivity index (χ3n) is 4.10. The first-order valence-electron chi connectivity index (χ1n) is 8.10. The summed E-state index contributed by atoms with van der Waals surface area (Å²) in [5, 5.41) is 0. The van der Waals surface area contributed by atoms with Crippen LogP contribution in [0.2, 0.25) is 0 Å². The van der Waals surface area contributed by atoms with Gasteiger partial charge in [-0.05, 0) is 38.0 Å². The second kappa shape index (κ2) is 7.59. The summed E-state index contributed by atoms with van der Waals surface area (Å²) in [7, 11) is 3.50. The fourth-order valence-corrected chi connectivity index (χ4v) is 2.71. The molecule has 2 rings (SSSR count). The molecule has 5 nitrogen and oxygen atoms in total. The Labute approximate surface area is 138 Å². The van der Waals surface area contributed by atoms with Crippen molar-refractivity contribution in [1.29, 1.82) is 0 Å². The molecule has 0 N–H and O–H groups in total. The summed E-state index contributed by atoms with van der Waals surface area (Å²) in [6, 6.07) is 7.77. The van der Waals surface area contributed by atoms with E-state index in [1.165, 1.54) is 0 Å². The van der Waals surface area contributed by atoms with E-state index < -0.39 is 0 Å². The van der Waals surface area contributed by atoms with Crippen molar-refractivity contribution in [3.8, 4) is 0 Å². The molecule has 1 aliphatic rings. The van der Waals surface area contributed by atoms with Crippen molar-refractivity contribution in [3.05, 3.63) is 29.8 Å². The molecule has 0 aliphatic carbocycles. The molecule has 1 aromatic carbocycles. The summed E-state index contributed by atoms with van der Waals surface area (Å²) in [5.74, 6) is 0.139. The van der Waals surface area contributed by atoms with E-state index in [2.05, 4.69) is 0 Å². The quantitative estimate of drug-likeness (QED) is 0.835. The van der Waals surface area contributed by atoms with Crippen molar-refractivity contribution in [1.82, 2.24) is 4.90 Å². The highest BCUT2D eigenvalue weighted by Crippen LogP contribution is 2.24. The Morgan fingerprint density at radius 3 is 2.35 bits per heavy atom. The lowest BCUT2D eigenvalue weighted by molar-refractivity contribution is -0.128. The lowest BCUT2D eigenvalue weighted by Crippen LogP contribution is -2.41. The largest absolute Gasteiger partial charge is 0.381 e. The molecule has 1 aliphatic heterocycles. The van der Waals surface area contributed by atoms with Crippen LogP contribution >= 0.6 is 0 Å². The van der Waals surface area contributed by atoms with Gasteiger partial charge in [0, 0.05) is 32.4 Å². The smallest absolute Gasteiger partial charge is 0.232 e. The predicted molar refractivity (Wildman–Crippen MR) is 90.4 cm³/mol. The zero-order valence-corrected chi connectivity index (χ0v) is 14.4. The van der Waals surface area contributed by atoms with Crippen LogP contribution in [0, 0.1) is 5.92 Å². The third-order valence-corrected chi connectivity index (χ3v) is 4.10. The maximum atomic E-state index is 12.7. The summed E-state index contributed by atoms with van der Waals surface area (Å²) in [5.41, 5.74) is 1.82. The van der Waals surface area contributed by atoms with Crippen LogP contribution in [-0.4, -0.2) is 50.1 Å². The Hall–Kier alpha value is -1.88. The molecule has 1 fully saturated rings. The zero-order chi connectivity index (χ0) is 17.0. The molecule has 2 amide bonds. The first-order valence-corrected chi connectivity index (χ1v) is 8.10. The number of hydrogen-bond donors (Lipinski definition) is 0. The van der Waals surface area contributed by atoms with Gasteiger partial charge in [-0.15, -0.1) is 0 Å². The number of likely N-dealkylation sites (N-methyl/N-ethyl adjacent to an activating group) is 1. The number of benzene rings is 1. The van der Waals surface area contributed by atoms with Gasteiger partial charge in [0.1, 0.15) is 0 Å². The summed E-state index contributed by atoms with van der Waals surface area (Å²) < 4.78 is 5.34. The van der Waals surface area contributed by atoms with Crippen LogP contribution in [0.25, 0.3) is 0 Å². The number of nitrogens with zero attached hydrogens (tertiary/aromatic N) is 2. The Morgan fingerprint density at radius 1 is 1.22 bits per heavy atom. The lowest BCUT2D eigenvalue weighted by Gasteiger charge is -2.29. The zero-order valence-electron chi connectivity index (χ0n) is 14.4. The van der Waals surface area contributed by atoms with Gasteiger partial charge >= 0.3 is 0 Å². The molecule has 1 saturated heterocycles. The Balaban J connectivity index is 2.13. The molecule has 23 heavy (non-hydrogen) atoms. The molecule has 1 atom stereocenters. The minimum Gasteiger partial charge on any atom is -0.381 e. The van der Waals surface area contributed by atoms with Crippen LogP contribution in [0.15, 0.2) is 24.3 Å². The molecule has 1 aromatic rings. The number of anilines is 1. The highest BCUT2D eigenvalue weighted by atomic mass is 16.5. The Morgan fingerprint density at radius 2 is 1.87 bits per heavy atom. The maximum absolute atomic E-state index is 12.7. The van der Waals surface area contributed by atoms with Crippen LogP contribution in [-0.2, 0) is 20.7 Å². The van der Waals surface area contributed by atoms with E-state index in [0.717, 1.165) is 17.7 Å². The lowest BCUT2D eigenvalue weighted by atomic mass is 10.0. The topological polar surface area (TPSA) is 49.9 Å². The number of ether oxygens (including phenoxy) is 1. The van der Waals surface area contributed by atoms with Gasteiger partial charge in [0.2, 0.25) is 11.8 Å². The number of carbonyl (C=O) groups is 2. The Bertz CT molecular complexity index is 546. The van der Waals surface area contributed by atoms with E-state index in [4.69, 9.17) is 4.74 Å². The highest BCUT2D eigenvalue weighted by Gasteiger charge is 2.30. The summed E-state index contributed by atoms with van der Waals surface area (Å²) >= 11 is 0. The summed E-state index contributed by atoms with van der Waals surface area (Å²) in [6.07, 6.45) is 1.16. The van der Waals surface area contributed by atoms with E-state index in [0.29, 0.717) is 19.6 Å². The average molecular weight is 318 g/mol. The third kappa shape index (κ3) is 4.32. The summed E-state index contributed by atoms with van der Waals surface area (Å²) in [6.45, 7) is 5.19. The summed E-state index contributed by atoms with van der Waals surface area (Å²) in [4.78, 5) is 27.9. The van der Waals surface area contributed by atoms with Crippen LogP contribution in [0.1, 0.15) is 25.8 Å². The van der Waals surface area contributed by atoms with Gasteiger partial charge in [-0.2, -0.15) is 0 Å². The van der Waals surface area contributed by atoms with Gasteiger partial charge in [0.25, 0.3) is 0 Å². The fourth-order valence-electron chi connectivity index (χ4n) is 2.71.